The van der Waals surface area contributed by atoms with Crippen molar-refractivity contribution in [3.05, 3.63) is 30.2 Å². The Balaban J connectivity index is 1.91. The first-order chi connectivity index (χ1) is 9.20. The second kappa shape index (κ2) is 6.22. The van der Waals surface area contributed by atoms with Crippen LogP contribution in [0.1, 0.15) is 25.0 Å². The maximum atomic E-state index is 12.1. The molecular formula is C14H17NO4. The molecule has 1 aromatic rings. The highest BCUT2D eigenvalue weighted by Crippen LogP contribution is 2.27. The van der Waals surface area contributed by atoms with Gasteiger partial charge in [-0.05, 0) is 31.1 Å². The molecule has 0 saturated heterocycles. The van der Waals surface area contributed by atoms with Crippen LogP contribution in [0.15, 0.2) is 28.9 Å². The van der Waals surface area contributed by atoms with Gasteiger partial charge in [0.05, 0.1) is 19.8 Å². The topological polar surface area (TPSA) is 59.8 Å². The number of rotatable bonds is 6. The number of furan rings is 1. The molecule has 19 heavy (non-hydrogen) atoms. The first-order valence-corrected chi connectivity index (χ1v) is 6.29. The molecule has 1 aromatic heterocycles. The lowest BCUT2D eigenvalue weighted by Crippen LogP contribution is -2.33. The molecular weight excluding hydrogens is 246 g/mol. The van der Waals surface area contributed by atoms with Crippen LogP contribution < -0.4 is 0 Å². The highest BCUT2D eigenvalue weighted by atomic mass is 16.5. The van der Waals surface area contributed by atoms with Crippen molar-refractivity contribution < 1.29 is 18.7 Å². The Morgan fingerprint density at radius 1 is 1.53 bits per heavy atom. The average molecular weight is 263 g/mol. The summed E-state index contributed by atoms with van der Waals surface area (Å²) in [7, 11) is 1.35. The van der Waals surface area contributed by atoms with Crippen LogP contribution in [0.3, 0.4) is 0 Å². The first-order valence-electron chi connectivity index (χ1n) is 6.29. The van der Waals surface area contributed by atoms with Gasteiger partial charge in [0, 0.05) is 18.7 Å². The molecule has 1 heterocycles. The number of methoxy groups -OCH3 is 1. The molecule has 1 amide bonds. The summed E-state index contributed by atoms with van der Waals surface area (Å²) in [5.41, 5.74) is 0. The van der Waals surface area contributed by atoms with E-state index in [0.717, 1.165) is 12.8 Å². The minimum absolute atomic E-state index is 0.0946. The summed E-state index contributed by atoms with van der Waals surface area (Å²) in [5, 5.41) is 0. The van der Waals surface area contributed by atoms with Gasteiger partial charge in [0.2, 0.25) is 5.91 Å². The summed E-state index contributed by atoms with van der Waals surface area (Å²) in [6.45, 7) is 0.401. The third kappa shape index (κ3) is 3.98. The largest absolute Gasteiger partial charge is 0.469 e. The van der Waals surface area contributed by atoms with Gasteiger partial charge in [-0.3, -0.25) is 9.59 Å². The van der Waals surface area contributed by atoms with Gasteiger partial charge < -0.3 is 14.1 Å². The van der Waals surface area contributed by atoms with E-state index in [9.17, 15) is 9.59 Å². The van der Waals surface area contributed by atoms with Gasteiger partial charge in [-0.1, -0.05) is 0 Å². The van der Waals surface area contributed by atoms with Crippen molar-refractivity contribution in [1.29, 1.82) is 0 Å². The number of nitrogens with zero attached hydrogens (tertiary/aromatic N) is 1. The summed E-state index contributed by atoms with van der Waals surface area (Å²) < 4.78 is 9.71. The minimum atomic E-state index is -0.298. The first kappa shape index (κ1) is 13.4. The summed E-state index contributed by atoms with van der Waals surface area (Å²) in [4.78, 5) is 24.9. The van der Waals surface area contributed by atoms with Gasteiger partial charge in [0.15, 0.2) is 0 Å². The molecule has 102 valence electrons. The lowest BCUT2D eigenvalue weighted by Gasteiger charge is -2.19. The Kier molecular flexibility index (Phi) is 4.39. The Morgan fingerprint density at radius 2 is 2.32 bits per heavy atom. The van der Waals surface area contributed by atoms with Gasteiger partial charge >= 0.3 is 5.97 Å². The predicted molar refractivity (Wildman–Crippen MR) is 69.1 cm³/mol. The minimum Gasteiger partial charge on any atom is -0.469 e. The SMILES string of the molecule is COC(=O)CCN(C(=O)/C=C/c1ccco1)C1CC1. The monoisotopic (exact) mass is 263 g/mol. The van der Waals surface area contributed by atoms with Crippen LogP contribution in [-0.4, -0.2) is 36.5 Å². The standard InChI is InChI=1S/C14H17NO4/c1-18-14(17)8-9-15(11-4-5-11)13(16)7-6-12-3-2-10-19-12/h2-3,6-7,10-11H,4-5,8-9H2,1H3/b7-6+. The van der Waals surface area contributed by atoms with Crippen molar-refractivity contribution in [1.82, 2.24) is 4.90 Å². The number of ether oxygens (including phenoxy) is 1. The van der Waals surface area contributed by atoms with Crippen molar-refractivity contribution in [3.63, 3.8) is 0 Å². The van der Waals surface area contributed by atoms with Gasteiger partial charge in [-0.15, -0.1) is 0 Å². The number of hydrogen-bond donors (Lipinski definition) is 0. The highest BCUT2D eigenvalue weighted by molar-refractivity contribution is 5.92. The summed E-state index contributed by atoms with van der Waals surface area (Å²) in [6.07, 6.45) is 6.90. The van der Waals surface area contributed by atoms with Crippen LogP contribution in [0.25, 0.3) is 6.08 Å². The fourth-order valence-corrected chi connectivity index (χ4v) is 1.81. The molecule has 0 unspecified atom stereocenters. The fourth-order valence-electron chi connectivity index (χ4n) is 1.81. The van der Waals surface area contributed by atoms with Crippen molar-refractivity contribution in [2.45, 2.75) is 25.3 Å². The Bertz CT molecular complexity index is 460. The smallest absolute Gasteiger partial charge is 0.307 e. The van der Waals surface area contributed by atoms with E-state index in [4.69, 9.17) is 4.42 Å². The Labute approximate surface area is 111 Å². The second-order valence-electron chi connectivity index (χ2n) is 4.44. The van der Waals surface area contributed by atoms with Crippen molar-refractivity contribution in [3.8, 4) is 0 Å². The highest BCUT2D eigenvalue weighted by Gasteiger charge is 2.31. The maximum Gasteiger partial charge on any atom is 0.307 e. The van der Waals surface area contributed by atoms with Gasteiger partial charge in [0.25, 0.3) is 0 Å². The number of hydrogen-bond acceptors (Lipinski definition) is 4. The van der Waals surface area contributed by atoms with E-state index < -0.39 is 0 Å². The average Bonchev–Trinajstić information content (AvgIpc) is 3.11. The van der Waals surface area contributed by atoms with E-state index in [-0.39, 0.29) is 24.3 Å². The van der Waals surface area contributed by atoms with E-state index in [1.165, 1.54) is 13.2 Å². The second-order valence-corrected chi connectivity index (χ2v) is 4.44. The fraction of sp³-hybridized carbons (Fsp3) is 0.429. The Hall–Kier alpha value is -2.04. The molecule has 0 atom stereocenters. The summed E-state index contributed by atoms with van der Waals surface area (Å²) in [5.74, 6) is 0.244. The molecule has 1 fully saturated rings. The molecule has 0 N–H and O–H groups in total. The summed E-state index contributed by atoms with van der Waals surface area (Å²) in [6, 6.07) is 3.80. The van der Waals surface area contributed by atoms with Gasteiger partial charge in [0.1, 0.15) is 5.76 Å². The number of esters is 1. The molecule has 2 rings (SSSR count). The van der Waals surface area contributed by atoms with E-state index >= 15 is 0 Å². The van der Waals surface area contributed by atoms with Gasteiger partial charge in [-0.25, -0.2) is 0 Å². The zero-order valence-corrected chi connectivity index (χ0v) is 10.9. The molecule has 0 aromatic carbocycles. The van der Waals surface area contributed by atoms with Crippen LogP contribution in [0.5, 0.6) is 0 Å². The Morgan fingerprint density at radius 3 is 2.89 bits per heavy atom. The van der Waals surface area contributed by atoms with E-state index in [2.05, 4.69) is 4.74 Å². The zero-order chi connectivity index (χ0) is 13.7. The van der Waals surface area contributed by atoms with Crippen molar-refractivity contribution >= 4 is 18.0 Å². The van der Waals surface area contributed by atoms with E-state index in [1.807, 2.05) is 0 Å². The molecule has 1 aliphatic rings. The van der Waals surface area contributed by atoms with Crippen molar-refractivity contribution in [2.75, 3.05) is 13.7 Å². The normalized spacial score (nSPS) is 14.6. The molecule has 0 spiro atoms. The van der Waals surface area contributed by atoms with Gasteiger partial charge in [-0.2, -0.15) is 0 Å². The predicted octanol–water partition coefficient (Wildman–Crippen LogP) is 1.85. The molecule has 1 saturated carbocycles. The summed E-state index contributed by atoms with van der Waals surface area (Å²) >= 11 is 0. The lowest BCUT2D eigenvalue weighted by atomic mass is 10.3. The van der Waals surface area contributed by atoms with Crippen molar-refractivity contribution in [2.24, 2.45) is 0 Å². The zero-order valence-electron chi connectivity index (χ0n) is 10.9. The van der Waals surface area contributed by atoms with Crippen LogP contribution in [0.4, 0.5) is 0 Å². The van der Waals surface area contributed by atoms with Crippen LogP contribution in [0, 0.1) is 0 Å². The van der Waals surface area contributed by atoms with Crippen LogP contribution in [0.2, 0.25) is 0 Å². The number of carbonyl (C=O) groups excluding carboxylic acids is 2. The maximum absolute atomic E-state index is 12.1. The molecule has 5 nitrogen and oxygen atoms in total. The van der Waals surface area contributed by atoms with E-state index in [1.54, 1.807) is 29.4 Å². The molecule has 5 heteroatoms. The number of carbonyl (C=O) groups is 2. The van der Waals surface area contributed by atoms with Crippen LogP contribution in [-0.2, 0) is 14.3 Å². The van der Waals surface area contributed by atoms with E-state index in [0.29, 0.717) is 12.3 Å². The van der Waals surface area contributed by atoms with Crippen LogP contribution >= 0.6 is 0 Å². The lowest BCUT2D eigenvalue weighted by molar-refractivity contribution is -0.141. The molecule has 1 aliphatic carbocycles. The number of amides is 1. The molecule has 0 radical (unpaired) electrons. The molecule has 0 aliphatic heterocycles. The molecule has 0 bridgehead atoms. The quantitative estimate of drug-likeness (QED) is 0.580. The third-order valence-electron chi connectivity index (χ3n) is 2.99. The third-order valence-corrected chi connectivity index (χ3v) is 2.99.